The van der Waals surface area contributed by atoms with Crippen molar-refractivity contribution in [2.45, 2.75) is 37.9 Å². The second kappa shape index (κ2) is 9.76. The fourth-order valence-corrected chi connectivity index (χ4v) is 3.80. The van der Waals surface area contributed by atoms with E-state index in [0.717, 1.165) is 30.2 Å². The number of unbranched alkanes of at least 4 members (excludes halogenated alkanes) is 1. The Morgan fingerprint density at radius 1 is 1.06 bits per heavy atom. The molecule has 31 heavy (non-hydrogen) atoms. The summed E-state index contributed by atoms with van der Waals surface area (Å²) in [5.74, 6) is -0.209. The Kier molecular flexibility index (Phi) is 7.30. The molecule has 0 fully saturated rings. The van der Waals surface area contributed by atoms with E-state index in [4.69, 9.17) is 10.5 Å². The molecule has 2 aromatic carbocycles. The highest BCUT2D eigenvalue weighted by molar-refractivity contribution is 7.14. The Bertz CT molecular complexity index is 991. The molecule has 166 valence electrons. The molecule has 3 N–H and O–H groups in total. The molecular weight excluding hydrogens is 427 g/mol. The predicted octanol–water partition coefficient (Wildman–Crippen LogP) is 4.79. The number of aliphatic hydroxyl groups is 1. The van der Waals surface area contributed by atoms with Gasteiger partial charge in [0.2, 0.25) is 0 Å². The van der Waals surface area contributed by atoms with Crippen LogP contribution in [0.25, 0.3) is 10.6 Å². The molecule has 1 aromatic heterocycles. The van der Waals surface area contributed by atoms with Crippen molar-refractivity contribution >= 4 is 11.3 Å². The first-order valence-corrected chi connectivity index (χ1v) is 10.6. The third kappa shape index (κ3) is 6.03. The van der Waals surface area contributed by atoms with E-state index < -0.39 is 17.3 Å². The second-order valence-corrected chi connectivity index (χ2v) is 8.47. The molecule has 0 aliphatic rings. The lowest BCUT2D eigenvalue weighted by atomic mass is 10.1. The normalized spacial score (nSPS) is 13.7. The van der Waals surface area contributed by atoms with Gasteiger partial charge in [0.25, 0.3) is 0 Å². The average Bonchev–Trinajstić information content (AvgIpc) is 3.25. The van der Waals surface area contributed by atoms with E-state index in [1.54, 1.807) is 6.92 Å². The molecule has 1 atom stereocenters. The van der Waals surface area contributed by atoms with E-state index in [-0.39, 0.29) is 24.5 Å². The van der Waals surface area contributed by atoms with Gasteiger partial charge in [0.05, 0.1) is 24.3 Å². The zero-order chi connectivity index (χ0) is 22.5. The fraction of sp³-hybridized carbons (Fsp3) is 0.364. The summed E-state index contributed by atoms with van der Waals surface area (Å²) in [5.41, 5.74) is 5.42. The van der Waals surface area contributed by atoms with E-state index in [1.807, 2.05) is 30.3 Å². The number of hydrogen-bond acceptors (Lipinski definition) is 6. The molecule has 0 amide bonds. The maximum absolute atomic E-state index is 13.6. The van der Waals surface area contributed by atoms with Crippen LogP contribution in [0, 0.1) is 0 Å². The first-order valence-electron chi connectivity index (χ1n) is 9.83. The van der Waals surface area contributed by atoms with Gasteiger partial charge in [-0.15, -0.1) is 10.2 Å². The number of alkyl halides is 3. The SMILES string of the molecule is C[C@](N)(CO)c1nnc(-c2ccc(OCCCCc3ccccc3)c(C(F)(F)F)c2)s1. The highest BCUT2D eigenvalue weighted by Gasteiger charge is 2.35. The molecule has 0 saturated carbocycles. The van der Waals surface area contributed by atoms with Crippen LogP contribution in [0.5, 0.6) is 5.75 Å². The van der Waals surface area contributed by atoms with E-state index in [2.05, 4.69) is 10.2 Å². The summed E-state index contributed by atoms with van der Waals surface area (Å²) >= 11 is 1.05. The van der Waals surface area contributed by atoms with Gasteiger partial charge < -0.3 is 15.6 Å². The Hall–Kier alpha value is -2.49. The van der Waals surface area contributed by atoms with Crippen LogP contribution < -0.4 is 10.5 Å². The molecule has 3 rings (SSSR count). The number of halogens is 3. The first kappa shape index (κ1) is 23.2. The van der Waals surface area contributed by atoms with E-state index in [1.165, 1.54) is 17.7 Å². The summed E-state index contributed by atoms with van der Waals surface area (Å²) in [6.45, 7) is 1.42. The molecule has 0 radical (unpaired) electrons. The molecule has 0 bridgehead atoms. The van der Waals surface area contributed by atoms with Crippen LogP contribution >= 0.6 is 11.3 Å². The van der Waals surface area contributed by atoms with Crippen LogP contribution in [0.3, 0.4) is 0 Å². The number of hydrogen-bond donors (Lipinski definition) is 2. The quantitative estimate of drug-likeness (QED) is 0.457. The number of nitrogens with zero attached hydrogens (tertiary/aromatic N) is 2. The van der Waals surface area contributed by atoms with Crippen molar-refractivity contribution in [2.24, 2.45) is 5.73 Å². The van der Waals surface area contributed by atoms with E-state index in [9.17, 15) is 18.3 Å². The van der Waals surface area contributed by atoms with Gasteiger partial charge in [0.1, 0.15) is 15.8 Å². The minimum absolute atomic E-state index is 0.195. The van der Waals surface area contributed by atoms with E-state index in [0.29, 0.717) is 16.4 Å². The van der Waals surface area contributed by atoms with Crippen molar-refractivity contribution in [3.63, 3.8) is 0 Å². The molecule has 3 aromatic rings. The zero-order valence-electron chi connectivity index (χ0n) is 17.0. The van der Waals surface area contributed by atoms with Gasteiger partial charge in [-0.25, -0.2) is 0 Å². The van der Waals surface area contributed by atoms with Gasteiger partial charge in [0, 0.05) is 5.56 Å². The minimum Gasteiger partial charge on any atom is -0.493 e. The Balaban J connectivity index is 1.69. The highest BCUT2D eigenvalue weighted by Crippen LogP contribution is 2.39. The van der Waals surface area contributed by atoms with Crippen LogP contribution in [-0.4, -0.2) is 28.5 Å². The molecule has 0 saturated heterocycles. The van der Waals surface area contributed by atoms with Crippen molar-refractivity contribution < 1.29 is 23.0 Å². The largest absolute Gasteiger partial charge is 0.493 e. The maximum atomic E-state index is 13.6. The third-order valence-corrected chi connectivity index (χ3v) is 5.99. The van der Waals surface area contributed by atoms with Crippen LogP contribution in [0.1, 0.15) is 35.9 Å². The smallest absolute Gasteiger partial charge is 0.419 e. The number of aryl methyl sites for hydroxylation is 1. The predicted molar refractivity (Wildman–Crippen MR) is 114 cm³/mol. The number of benzene rings is 2. The molecule has 9 heteroatoms. The van der Waals surface area contributed by atoms with Gasteiger partial charge in [0.15, 0.2) is 0 Å². The molecule has 1 heterocycles. The molecule has 5 nitrogen and oxygen atoms in total. The Morgan fingerprint density at radius 2 is 1.81 bits per heavy atom. The molecule has 0 aliphatic heterocycles. The summed E-state index contributed by atoms with van der Waals surface area (Å²) in [6.07, 6.45) is -2.26. The number of aliphatic hydroxyl groups excluding tert-OH is 1. The van der Waals surface area contributed by atoms with Crippen LogP contribution in [0.2, 0.25) is 0 Å². The molecule has 0 spiro atoms. The number of nitrogens with two attached hydrogens (primary N) is 1. The lowest BCUT2D eigenvalue weighted by molar-refractivity contribution is -0.138. The van der Waals surface area contributed by atoms with Crippen molar-refractivity contribution in [1.29, 1.82) is 0 Å². The summed E-state index contributed by atoms with van der Waals surface area (Å²) in [7, 11) is 0. The van der Waals surface area contributed by atoms with Gasteiger partial charge >= 0.3 is 6.18 Å². The van der Waals surface area contributed by atoms with Crippen molar-refractivity contribution in [2.75, 3.05) is 13.2 Å². The lowest BCUT2D eigenvalue weighted by Gasteiger charge is -2.17. The summed E-state index contributed by atoms with van der Waals surface area (Å²) < 4.78 is 46.3. The van der Waals surface area contributed by atoms with Crippen LogP contribution in [0.15, 0.2) is 48.5 Å². The average molecular weight is 452 g/mol. The van der Waals surface area contributed by atoms with Crippen molar-refractivity contribution in [3.05, 3.63) is 64.7 Å². The Morgan fingerprint density at radius 3 is 2.48 bits per heavy atom. The monoisotopic (exact) mass is 451 g/mol. The highest BCUT2D eigenvalue weighted by atomic mass is 32.1. The molecular formula is C22H24F3N3O2S. The standard InChI is InChI=1S/C22H24F3N3O2S/c1-21(26,14-29)20-28-27-19(31-20)16-10-11-18(17(13-16)22(23,24)25)30-12-6-5-9-15-7-3-2-4-8-15/h2-4,7-8,10-11,13,29H,5-6,9,12,14,26H2,1H3/t21-/m0/s1. The van der Waals surface area contributed by atoms with Gasteiger partial charge in [-0.2, -0.15) is 13.2 Å². The summed E-state index contributed by atoms with van der Waals surface area (Å²) in [4.78, 5) is 0. The summed E-state index contributed by atoms with van der Waals surface area (Å²) in [6, 6.07) is 13.7. The number of rotatable bonds is 9. The second-order valence-electron chi connectivity index (χ2n) is 7.49. The number of aromatic nitrogens is 2. The molecule has 0 unspecified atom stereocenters. The van der Waals surface area contributed by atoms with Crippen molar-refractivity contribution in [1.82, 2.24) is 10.2 Å². The maximum Gasteiger partial charge on any atom is 0.419 e. The first-order chi connectivity index (χ1) is 14.7. The molecule has 0 aliphatic carbocycles. The fourth-order valence-electron chi connectivity index (χ4n) is 2.91. The topological polar surface area (TPSA) is 81.3 Å². The number of ether oxygens (including phenoxy) is 1. The minimum atomic E-state index is -4.57. The van der Waals surface area contributed by atoms with Gasteiger partial charge in [-0.1, -0.05) is 41.7 Å². The van der Waals surface area contributed by atoms with Crippen LogP contribution in [0.4, 0.5) is 13.2 Å². The third-order valence-electron chi connectivity index (χ3n) is 4.73. The van der Waals surface area contributed by atoms with Gasteiger partial charge in [-0.3, -0.25) is 0 Å². The van der Waals surface area contributed by atoms with Crippen LogP contribution in [-0.2, 0) is 18.1 Å². The van der Waals surface area contributed by atoms with E-state index >= 15 is 0 Å². The van der Waals surface area contributed by atoms with Crippen molar-refractivity contribution in [3.8, 4) is 16.3 Å². The van der Waals surface area contributed by atoms with Gasteiger partial charge in [-0.05, 0) is 49.9 Å². The summed E-state index contributed by atoms with van der Waals surface area (Å²) in [5, 5.41) is 17.8. The Labute approximate surface area is 182 Å². The lowest BCUT2D eigenvalue weighted by Crippen LogP contribution is -2.36. The zero-order valence-corrected chi connectivity index (χ0v) is 17.8.